The third-order valence-electron chi connectivity index (χ3n) is 8.26. The molecule has 6 nitrogen and oxygen atoms in total. The molecule has 6 heteroatoms. The molecule has 1 unspecified atom stereocenters. The minimum absolute atomic E-state index is 0.0536. The second kappa shape index (κ2) is 10.1. The van der Waals surface area contributed by atoms with Gasteiger partial charge in [0.05, 0.1) is 17.2 Å². The molecule has 2 N–H and O–H groups in total. The number of amides is 2. The second-order valence-electron chi connectivity index (χ2n) is 10.5. The summed E-state index contributed by atoms with van der Waals surface area (Å²) >= 11 is 0. The van der Waals surface area contributed by atoms with E-state index in [2.05, 4.69) is 48.2 Å². The molecule has 194 valence electrons. The Morgan fingerprint density at radius 1 is 0.974 bits per heavy atom. The molecule has 0 radical (unpaired) electrons. The number of hydrogen-bond donors (Lipinski definition) is 1. The Kier molecular flexibility index (Phi) is 6.50. The van der Waals surface area contributed by atoms with Gasteiger partial charge in [-0.1, -0.05) is 60.7 Å². The van der Waals surface area contributed by atoms with Crippen molar-refractivity contribution in [2.24, 2.45) is 5.73 Å². The first-order chi connectivity index (χ1) is 18.5. The van der Waals surface area contributed by atoms with Gasteiger partial charge in [0.15, 0.2) is 0 Å². The highest BCUT2D eigenvalue weighted by Gasteiger charge is 2.41. The van der Waals surface area contributed by atoms with E-state index in [1.807, 2.05) is 35.2 Å². The molecule has 3 aliphatic rings. The quantitative estimate of drug-likeness (QED) is 0.489. The van der Waals surface area contributed by atoms with Crippen molar-refractivity contribution in [1.82, 2.24) is 9.80 Å². The Labute approximate surface area is 223 Å². The molecule has 0 bridgehead atoms. The predicted molar refractivity (Wildman–Crippen MR) is 148 cm³/mol. The largest absolute Gasteiger partial charge is 0.488 e. The molecule has 2 aliphatic heterocycles. The van der Waals surface area contributed by atoms with Crippen molar-refractivity contribution in [3.05, 3.63) is 106 Å². The highest BCUT2D eigenvalue weighted by atomic mass is 16.5. The number of piperidine rings is 1. The van der Waals surface area contributed by atoms with Crippen LogP contribution in [0.1, 0.15) is 68.8 Å². The smallest absolute Gasteiger partial charge is 0.255 e. The standard InChI is InChI=1S/C32H33N3O3/c1-21-26-10-6-11-27(31(33)36)30(26)32(37)35(21)25-15-17-34(18-16-25)19-24-14-13-23-9-5-12-28(29(23)24)38-20-22-7-3-2-4-8-22/h2-12,14,21,25H,13,15-20H2,1H3,(H2,33,36). The highest BCUT2D eigenvalue weighted by molar-refractivity contribution is 6.09. The first kappa shape index (κ1) is 24.4. The van der Waals surface area contributed by atoms with Gasteiger partial charge in [-0.25, -0.2) is 0 Å². The summed E-state index contributed by atoms with van der Waals surface area (Å²) in [4.78, 5) is 29.8. The molecular weight excluding hydrogens is 474 g/mol. The maximum absolute atomic E-state index is 13.4. The Balaban J connectivity index is 1.11. The number of fused-ring (bicyclic) bond motifs is 2. The summed E-state index contributed by atoms with van der Waals surface area (Å²) in [5.41, 5.74) is 12.3. The van der Waals surface area contributed by atoms with Crippen LogP contribution in [0.3, 0.4) is 0 Å². The number of benzene rings is 3. The van der Waals surface area contributed by atoms with Gasteiger partial charge in [-0.15, -0.1) is 0 Å². The third kappa shape index (κ3) is 4.39. The van der Waals surface area contributed by atoms with E-state index in [9.17, 15) is 9.59 Å². The molecular formula is C32H33N3O3. The number of carbonyl (C=O) groups excluding carboxylic acids is 2. The van der Waals surface area contributed by atoms with Crippen LogP contribution in [0.4, 0.5) is 0 Å². The second-order valence-corrected chi connectivity index (χ2v) is 10.5. The van der Waals surface area contributed by atoms with E-state index in [1.54, 1.807) is 6.07 Å². The van der Waals surface area contributed by atoms with E-state index in [4.69, 9.17) is 10.5 Å². The summed E-state index contributed by atoms with van der Waals surface area (Å²) in [6, 6.07) is 22.1. The normalized spacial score (nSPS) is 19.3. The molecule has 0 spiro atoms. The van der Waals surface area contributed by atoms with Crippen LogP contribution in [0.15, 0.2) is 72.8 Å². The van der Waals surface area contributed by atoms with Crippen LogP contribution in [0, 0.1) is 0 Å². The van der Waals surface area contributed by atoms with Crippen LogP contribution in [0.2, 0.25) is 0 Å². The van der Waals surface area contributed by atoms with Crippen molar-refractivity contribution in [3.8, 4) is 5.75 Å². The lowest BCUT2D eigenvalue weighted by atomic mass is 9.99. The highest BCUT2D eigenvalue weighted by Crippen LogP contribution is 2.40. The summed E-state index contributed by atoms with van der Waals surface area (Å²) in [7, 11) is 0. The van der Waals surface area contributed by atoms with Crippen molar-refractivity contribution in [3.63, 3.8) is 0 Å². The molecule has 0 aromatic heterocycles. The van der Waals surface area contributed by atoms with E-state index in [-0.39, 0.29) is 18.0 Å². The average molecular weight is 508 g/mol. The van der Waals surface area contributed by atoms with E-state index in [0.29, 0.717) is 17.7 Å². The minimum Gasteiger partial charge on any atom is -0.488 e. The van der Waals surface area contributed by atoms with Crippen molar-refractivity contribution in [1.29, 1.82) is 0 Å². The lowest BCUT2D eigenvalue weighted by Gasteiger charge is -2.39. The number of hydrogen-bond acceptors (Lipinski definition) is 4. The van der Waals surface area contributed by atoms with Crippen LogP contribution >= 0.6 is 0 Å². The summed E-state index contributed by atoms with van der Waals surface area (Å²) in [6.07, 6.45) is 5.08. The van der Waals surface area contributed by atoms with E-state index in [1.165, 1.54) is 16.7 Å². The molecule has 1 saturated heterocycles. The Morgan fingerprint density at radius 2 is 1.74 bits per heavy atom. The number of ether oxygens (including phenoxy) is 1. The Bertz CT molecular complexity index is 1410. The van der Waals surface area contributed by atoms with Crippen molar-refractivity contribution < 1.29 is 14.3 Å². The first-order valence-corrected chi connectivity index (χ1v) is 13.5. The zero-order valence-corrected chi connectivity index (χ0v) is 21.7. The molecule has 1 fully saturated rings. The van der Waals surface area contributed by atoms with E-state index < -0.39 is 5.91 Å². The topological polar surface area (TPSA) is 75.9 Å². The van der Waals surface area contributed by atoms with Crippen LogP contribution < -0.4 is 10.5 Å². The molecule has 3 aromatic rings. The zero-order chi connectivity index (χ0) is 26.2. The summed E-state index contributed by atoms with van der Waals surface area (Å²) in [5, 5.41) is 0. The first-order valence-electron chi connectivity index (χ1n) is 13.5. The van der Waals surface area contributed by atoms with Gasteiger partial charge in [-0.2, -0.15) is 0 Å². The molecule has 1 atom stereocenters. The molecule has 0 saturated carbocycles. The molecule has 3 aromatic carbocycles. The number of likely N-dealkylation sites (tertiary alicyclic amines) is 1. The van der Waals surface area contributed by atoms with Crippen LogP contribution in [0.25, 0.3) is 5.57 Å². The number of primary amides is 1. The summed E-state index contributed by atoms with van der Waals surface area (Å²) in [6.45, 7) is 5.32. The minimum atomic E-state index is -0.545. The molecule has 2 amide bonds. The number of allylic oxidation sites excluding steroid dienone is 1. The number of rotatable bonds is 7. The SMILES string of the molecule is CC1c2cccc(C(N)=O)c2C(=O)N1C1CCN(CC2=CCc3cccc(OCc4ccccc4)c32)CC1. The Morgan fingerprint density at radius 3 is 2.50 bits per heavy atom. The molecule has 2 heterocycles. The summed E-state index contributed by atoms with van der Waals surface area (Å²) in [5.74, 6) is 0.341. The fourth-order valence-corrected chi connectivity index (χ4v) is 6.34. The average Bonchev–Trinajstić information content (AvgIpc) is 3.47. The predicted octanol–water partition coefficient (Wildman–Crippen LogP) is 4.99. The van der Waals surface area contributed by atoms with Crippen LogP contribution in [0.5, 0.6) is 5.75 Å². The molecule has 6 rings (SSSR count). The number of nitrogens with zero attached hydrogens (tertiary/aromatic N) is 2. The van der Waals surface area contributed by atoms with Gasteiger partial charge in [0.25, 0.3) is 5.91 Å². The lowest BCUT2D eigenvalue weighted by Crippen LogP contribution is -2.46. The van der Waals surface area contributed by atoms with Gasteiger partial charge in [-0.05, 0) is 60.6 Å². The van der Waals surface area contributed by atoms with Gasteiger partial charge in [0, 0.05) is 31.2 Å². The third-order valence-corrected chi connectivity index (χ3v) is 8.26. The maximum Gasteiger partial charge on any atom is 0.255 e. The van der Waals surface area contributed by atoms with Gasteiger partial charge in [-0.3, -0.25) is 14.5 Å². The Hall–Kier alpha value is -3.90. The lowest BCUT2D eigenvalue weighted by molar-refractivity contribution is 0.0530. The van der Waals surface area contributed by atoms with Crippen molar-refractivity contribution >= 4 is 17.4 Å². The number of carbonyl (C=O) groups is 2. The van der Waals surface area contributed by atoms with Crippen molar-refractivity contribution in [2.75, 3.05) is 19.6 Å². The molecule has 38 heavy (non-hydrogen) atoms. The zero-order valence-electron chi connectivity index (χ0n) is 21.7. The fraction of sp³-hybridized carbons (Fsp3) is 0.312. The van der Waals surface area contributed by atoms with Gasteiger partial charge >= 0.3 is 0 Å². The van der Waals surface area contributed by atoms with Gasteiger partial charge in [0.1, 0.15) is 12.4 Å². The van der Waals surface area contributed by atoms with Crippen LogP contribution in [-0.4, -0.2) is 47.3 Å². The van der Waals surface area contributed by atoms with Crippen LogP contribution in [-0.2, 0) is 13.0 Å². The number of nitrogens with two attached hydrogens (primary N) is 1. The maximum atomic E-state index is 13.4. The van der Waals surface area contributed by atoms with Crippen molar-refractivity contribution in [2.45, 2.75) is 44.9 Å². The van der Waals surface area contributed by atoms with Gasteiger partial charge in [0.2, 0.25) is 5.91 Å². The van der Waals surface area contributed by atoms with E-state index >= 15 is 0 Å². The fourth-order valence-electron chi connectivity index (χ4n) is 6.34. The monoisotopic (exact) mass is 507 g/mol. The summed E-state index contributed by atoms with van der Waals surface area (Å²) < 4.78 is 6.28. The van der Waals surface area contributed by atoms with E-state index in [0.717, 1.165) is 55.8 Å². The molecule has 1 aliphatic carbocycles. The van der Waals surface area contributed by atoms with Gasteiger partial charge < -0.3 is 15.4 Å².